The maximum atomic E-state index is 13.4. The lowest BCUT2D eigenvalue weighted by Crippen LogP contribution is -1.97. The van der Waals surface area contributed by atoms with E-state index < -0.39 is 0 Å². The summed E-state index contributed by atoms with van der Waals surface area (Å²) in [5.74, 6) is 0.455. The van der Waals surface area contributed by atoms with Crippen LogP contribution in [0.2, 0.25) is 5.02 Å². The Morgan fingerprint density at radius 3 is 2.70 bits per heavy atom. The zero-order valence-electron chi connectivity index (χ0n) is 11.8. The molecule has 0 N–H and O–H groups in total. The van der Waals surface area contributed by atoms with Crippen molar-refractivity contribution in [3.8, 4) is 10.6 Å². The van der Waals surface area contributed by atoms with Gasteiger partial charge >= 0.3 is 0 Å². The minimum absolute atomic E-state index is 0.283. The van der Waals surface area contributed by atoms with Crippen LogP contribution in [0.25, 0.3) is 15.5 Å². The molecule has 0 saturated heterocycles. The first-order valence-electron chi connectivity index (χ1n) is 6.90. The minimum Gasteiger partial charge on any atom is -0.207 e. The van der Waals surface area contributed by atoms with E-state index in [1.165, 1.54) is 23.5 Å². The van der Waals surface area contributed by atoms with Gasteiger partial charge in [-0.2, -0.15) is 9.61 Å². The highest BCUT2D eigenvalue weighted by Crippen LogP contribution is 2.26. The Labute approximate surface area is 140 Å². The number of hydrogen-bond donors (Lipinski definition) is 0. The van der Waals surface area contributed by atoms with Crippen LogP contribution in [0.5, 0.6) is 0 Å². The van der Waals surface area contributed by atoms with Gasteiger partial charge in [0.1, 0.15) is 10.8 Å². The number of aromatic nitrogens is 4. The molecule has 114 valence electrons. The molecular weight excluding hydrogens is 335 g/mol. The predicted molar refractivity (Wildman–Crippen MR) is 88.3 cm³/mol. The van der Waals surface area contributed by atoms with Gasteiger partial charge in [0.25, 0.3) is 0 Å². The Morgan fingerprint density at radius 2 is 1.91 bits per heavy atom. The molecule has 0 spiro atoms. The third kappa shape index (κ3) is 2.83. The largest absolute Gasteiger partial charge is 0.234 e. The summed E-state index contributed by atoms with van der Waals surface area (Å²) < 4.78 is 15.1. The molecule has 2 heterocycles. The summed E-state index contributed by atoms with van der Waals surface area (Å²) in [6, 6.07) is 13.9. The van der Waals surface area contributed by atoms with Gasteiger partial charge in [-0.15, -0.1) is 10.2 Å². The Morgan fingerprint density at radius 1 is 1.09 bits per heavy atom. The van der Waals surface area contributed by atoms with Crippen LogP contribution in [0, 0.1) is 5.82 Å². The number of hydrogen-bond acceptors (Lipinski definition) is 4. The Balaban J connectivity index is 1.70. The molecule has 2 aromatic carbocycles. The number of benzene rings is 2. The molecule has 0 atom stereocenters. The average Bonchev–Trinajstić information content (AvgIpc) is 3.11. The van der Waals surface area contributed by atoms with Crippen molar-refractivity contribution in [2.24, 2.45) is 0 Å². The van der Waals surface area contributed by atoms with Gasteiger partial charge in [-0.05, 0) is 29.8 Å². The molecule has 0 fully saturated rings. The standard InChI is InChI=1S/C16H10ClFN4S/c17-12-6-4-10(5-7-12)8-14-19-20-16-22(14)21-15(23-16)11-2-1-3-13(18)9-11/h1-7,9H,8H2. The van der Waals surface area contributed by atoms with Crippen molar-refractivity contribution in [2.45, 2.75) is 6.42 Å². The van der Waals surface area contributed by atoms with Gasteiger partial charge in [-0.25, -0.2) is 4.39 Å². The fourth-order valence-electron chi connectivity index (χ4n) is 2.29. The first kappa shape index (κ1) is 14.3. The van der Waals surface area contributed by atoms with Crippen LogP contribution in [0.1, 0.15) is 11.4 Å². The van der Waals surface area contributed by atoms with Crippen LogP contribution >= 0.6 is 22.9 Å². The first-order valence-corrected chi connectivity index (χ1v) is 8.10. The van der Waals surface area contributed by atoms with Gasteiger partial charge in [0.05, 0.1) is 0 Å². The van der Waals surface area contributed by atoms with Gasteiger partial charge in [-0.3, -0.25) is 0 Å². The topological polar surface area (TPSA) is 43.1 Å². The molecule has 4 nitrogen and oxygen atoms in total. The molecule has 0 aliphatic heterocycles. The molecule has 4 rings (SSSR count). The van der Waals surface area contributed by atoms with Crippen molar-refractivity contribution < 1.29 is 4.39 Å². The van der Waals surface area contributed by atoms with E-state index in [0.29, 0.717) is 21.4 Å². The van der Waals surface area contributed by atoms with E-state index in [0.717, 1.165) is 17.0 Å². The van der Waals surface area contributed by atoms with E-state index in [1.807, 2.05) is 30.3 Å². The van der Waals surface area contributed by atoms with E-state index in [1.54, 1.807) is 10.6 Å². The highest BCUT2D eigenvalue weighted by Gasteiger charge is 2.13. The van der Waals surface area contributed by atoms with Crippen LogP contribution in [-0.4, -0.2) is 19.8 Å². The highest BCUT2D eigenvalue weighted by atomic mass is 35.5. The van der Waals surface area contributed by atoms with Crippen LogP contribution in [0.3, 0.4) is 0 Å². The number of nitrogens with zero attached hydrogens (tertiary/aromatic N) is 4. The summed E-state index contributed by atoms with van der Waals surface area (Å²) in [5, 5.41) is 14.3. The molecule has 0 radical (unpaired) electrons. The Bertz CT molecular complexity index is 977. The van der Waals surface area contributed by atoms with Crippen molar-refractivity contribution in [2.75, 3.05) is 0 Å². The van der Waals surface area contributed by atoms with Gasteiger partial charge in [-0.1, -0.05) is 47.2 Å². The summed E-state index contributed by atoms with van der Waals surface area (Å²) in [6.07, 6.45) is 0.602. The average molecular weight is 345 g/mol. The predicted octanol–water partition coefficient (Wildman–Crippen LogP) is 4.24. The van der Waals surface area contributed by atoms with Gasteiger partial charge < -0.3 is 0 Å². The number of fused-ring (bicyclic) bond motifs is 1. The summed E-state index contributed by atoms with van der Waals surface area (Å²) in [4.78, 5) is 0.688. The second kappa shape index (κ2) is 5.72. The van der Waals surface area contributed by atoms with Gasteiger partial charge in [0.2, 0.25) is 4.96 Å². The third-order valence-corrected chi connectivity index (χ3v) is 4.60. The fraction of sp³-hybridized carbons (Fsp3) is 0.0625. The lowest BCUT2D eigenvalue weighted by Gasteiger charge is -1.99. The summed E-state index contributed by atoms with van der Waals surface area (Å²) in [6.45, 7) is 0. The van der Waals surface area contributed by atoms with Crippen molar-refractivity contribution in [1.82, 2.24) is 19.8 Å². The molecule has 7 heteroatoms. The minimum atomic E-state index is -0.283. The molecule has 0 aliphatic rings. The van der Waals surface area contributed by atoms with E-state index in [-0.39, 0.29) is 5.82 Å². The van der Waals surface area contributed by atoms with Gasteiger partial charge in [0.15, 0.2) is 5.82 Å². The zero-order chi connectivity index (χ0) is 15.8. The summed E-state index contributed by atoms with van der Waals surface area (Å²) in [7, 11) is 0. The van der Waals surface area contributed by atoms with E-state index in [9.17, 15) is 4.39 Å². The number of halogens is 2. The first-order chi connectivity index (χ1) is 11.2. The quantitative estimate of drug-likeness (QED) is 0.558. The van der Waals surface area contributed by atoms with Crippen molar-refractivity contribution in [1.29, 1.82) is 0 Å². The molecule has 2 aromatic heterocycles. The third-order valence-electron chi connectivity index (χ3n) is 3.40. The molecule has 23 heavy (non-hydrogen) atoms. The molecule has 0 saturated carbocycles. The molecular formula is C16H10ClFN4S. The maximum absolute atomic E-state index is 13.4. The molecule has 0 aliphatic carbocycles. The fourth-order valence-corrected chi connectivity index (χ4v) is 3.27. The molecule has 4 aromatic rings. The van der Waals surface area contributed by atoms with Crippen LogP contribution < -0.4 is 0 Å². The maximum Gasteiger partial charge on any atom is 0.234 e. The normalized spacial score (nSPS) is 11.2. The van der Waals surface area contributed by atoms with Crippen LogP contribution in [0.4, 0.5) is 4.39 Å². The van der Waals surface area contributed by atoms with Crippen LogP contribution in [0.15, 0.2) is 48.5 Å². The molecule has 0 bridgehead atoms. The SMILES string of the molecule is Fc1cccc(-c2nn3c(Cc4ccc(Cl)cc4)nnc3s2)c1. The monoisotopic (exact) mass is 344 g/mol. The smallest absolute Gasteiger partial charge is 0.207 e. The lowest BCUT2D eigenvalue weighted by atomic mass is 10.1. The van der Waals surface area contributed by atoms with E-state index in [4.69, 9.17) is 11.6 Å². The van der Waals surface area contributed by atoms with Gasteiger partial charge in [0, 0.05) is 17.0 Å². The summed E-state index contributed by atoms with van der Waals surface area (Å²) in [5.41, 5.74) is 1.81. The second-order valence-electron chi connectivity index (χ2n) is 5.03. The van der Waals surface area contributed by atoms with Crippen LogP contribution in [-0.2, 0) is 6.42 Å². The van der Waals surface area contributed by atoms with E-state index in [2.05, 4.69) is 15.3 Å². The Hall–Kier alpha value is -2.31. The lowest BCUT2D eigenvalue weighted by molar-refractivity contribution is 0.628. The van der Waals surface area contributed by atoms with E-state index >= 15 is 0 Å². The zero-order valence-corrected chi connectivity index (χ0v) is 13.4. The highest BCUT2D eigenvalue weighted by molar-refractivity contribution is 7.19. The van der Waals surface area contributed by atoms with Crippen molar-refractivity contribution in [3.05, 3.63) is 70.8 Å². The molecule has 0 amide bonds. The van der Waals surface area contributed by atoms with Crippen molar-refractivity contribution in [3.63, 3.8) is 0 Å². The molecule has 0 unspecified atom stereocenters. The summed E-state index contributed by atoms with van der Waals surface area (Å²) >= 11 is 7.28. The number of rotatable bonds is 3. The van der Waals surface area contributed by atoms with Crippen molar-refractivity contribution >= 4 is 27.9 Å². The Kier molecular flexibility index (Phi) is 3.55. The second-order valence-corrected chi connectivity index (χ2v) is 6.42.